The summed E-state index contributed by atoms with van der Waals surface area (Å²) in [5.74, 6) is -0.189. The summed E-state index contributed by atoms with van der Waals surface area (Å²) in [6, 6.07) is 6.94. The van der Waals surface area contributed by atoms with E-state index in [0.29, 0.717) is 12.0 Å². The molecular formula is C12H14FN3S. The van der Waals surface area contributed by atoms with Crippen LogP contribution in [0, 0.1) is 5.82 Å². The topological polar surface area (TPSA) is 37.8 Å². The van der Waals surface area contributed by atoms with Gasteiger partial charge in [-0.1, -0.05) is 29.5 Å². The van der Waals surface area contributed by atoms with Gasteiger partial charge < -0.3 is 5.32 Å². The summed E-state index contributed by atoms with van der Waals surface area (Å²) in [5, 5.41) is 13.1. The predicted molar refractivity (Wildman–Crippen MR) is 66.6 cm³/mol. The van der Waals surface area contributed by atoms with Gasteiger partial charge in [0.1, 0.15) is 15.8 Å². The Morgan fingerprint density at radius 2 is 2.12 bits per heavy atom. The first-order chi connectivity index (χ1) is 8.20. The standard InChI is InChI=1S/C12H14FN3S/c1-8(14-2)12-16-15-11(17-12)7-9-5-3-4-6-10(9)13/h3-6,8,14H,7H2,1-2H3. The molecule has 1 N–H and O–H groups in total. The van der Waals surface area contributed by atoms with E-state index in [0.717, 1.165) is 10.0 Å². The molecule has 0 spiro atoms. The molecule has 2 aromatic rings. The number of rotatable bonds is 4. The van der Waals surface area contributed by atoms with Crippen LogP contribution >= 0.6 is 11.3 Å². The van der Waals surface area contributed by atoms with Gasteiger partial charge in [-0.3, -0.25) is 0 Å². The second-order valence-electron chi connectivity index (χ2n) is 3.81. The fourth-order valence-electron chi connectivity index (χ4n) is 1.44. The molecule has 0 radical (unpaired) electrons. The number of aromatic nitrogens is 2. The van der Waals surface area contributed by atoms with Gasteiger partial charge in [-0.15, -0.1) is 10.2 Å². The first-order valence-electron chi connectivity index (χ1n) is 5.43. The van der Waals surface area contributed by atoms with Crippen molar-refractivity contribution in [2.24, 2.45) is 0 Å². The molecule has 0 saturated heterocycles. The number of nitrogens with one attached hydrogen (secondary N) is 1. The average molecular weight is 251 g/mol. The van der Waals surface area contributed by atoms with E-state index < -0.39 is 0 Å². The van der Waals surface area contributed by atoms with E-state index in [1.165, 1.54) is 17.4 Å². The summed E-state index contributed by atoms with van der Waals surface area (Å²) < 4.78 is 13.5. The van der Waals surface area contributed by atoms with E-state index in [2.05, 4.69) is 15.5 Å². The normalized spacial score (nSPS) is 12.6. The van der Waals surface area contributed by atoms with Crippen LogP contribution in [0.3, 0.4) is 0 Å². The Morgan fingerprint density at radius 1 is 1.35 bits per heavy atom. The van der Waals surface area contributed by atoms with Crippen LogP contribution in [-0.4, -0.2) is 17.2 Å². The molecule has 90 valence electrons. The molecule has 0 aliphatic carbocycles. The molecule has 3 nitrogen and oxygen atoms in total. The summed E-state index contributed by atoms with van der Waals surface area (Å²) in [4.78, 5) is 0. The molecule has 2 rings (SSSR count). The maximum absolute atomic E-state index is 13.5. The molecule has 1 aromatic heterocycles. The minimum absolute atomic E-state index is 0.182. The van der Waals surface area contributed by atoms with E-state index in [4.69, 9.17) is 0 Å². The molecule has 0 fully saturated rings. The van der Waals surface area contributed by atoms with Crippen molar-refractivity contribution in [3.8, 4) is 0 Å². The van der Waals surface area contributed by atoms with E-state index >= 15 is 0 Å². The molecule has 5 heteroatoms. The van der Waals surface area contributed by atoms with Gasteiger partial charge in [0.15, 0.2) is 0 Å². The highest BCUT2D eigenvalue weighted by atomic mass is 32.1. The Labute approximate surface area is 104 Å². The maximum atomic E-state index is 13.5. The van der Waals surface area contributed by atoms with Crippen molar-refractivity contribution in [1.82, 2.24) is 15.5 Å². The van der Waals surface area contributed by atoms with E-state index in [9.17, 15) is 4.39 Å². The number of hydrogen-bond acceptors (Lipinski definition) is 4. The molecule has 1 unspecified atom stereocenters. The zero-order valence-corrected chi connectivity index (χ0v) is 10.6. The van der Waals surface area contributed by atoms with Gasteiger partial charge in [0.05, 0.1) is 6.04 Å². The molecule has 1 atom stereocenters. The van der Waals surface area contributed by atoms with Crippen molar-refractivity contribution in [3.63, 3.8) is 0 Å². The van der Waals surface area contributed by atoms with Gasteiger partial charge in [-0.2, -0.15) is 0 Å². The zero-order chi connectivity index (χ0) is 12.3. The summed E-state index contributed by atoms with van der Waals surface area (Å²) in [7, 11) is 1.88. The summed E-state index contributed by atoms with van der Waals surface area (Å²) in [5.41, 5.74) is 0.660. The van der Waals surface area contributed by atoms with Gasteiger partial charge in [0.25, 0.3) is 0 Å². The van der Waals surface area contributed by atoms with Crippen LogP contribution < -0.4 is 5.32 Å². The maximum Gasteiger partial charge on any atom is 0.134 e. The first kappa shape index (κ1) is 12.1. The SMILES string of the molecule is CNC(C)c1nnc(Cc2ccccc2F)s1. The van der Waals surface area contributed by atoms with Crippen LogP contribution in [0.25, 0.3) is 0 Å². The van der Waals surface area contributed by atoms with Crippen LogP contribution in [0.4, 0.5) is 4.39 Å². The van der Waals surface area contributed by atoms with Crippen LogP contribution in [-0.2, 0) is 6.42 Å². The lowest BCUT2D eigenvalue weighted by Crippen LogP contribution is -2.11. The van der Waals surface area contributed by atoms with Crippen molar-refractivity contribution in [3.05, 3.63) is 45.7 Å². The van der Waals surface area contributed by atoms with Crippen molar-refractivity contribution in [1.29, 1.82) is 0 Å². The molecule has 0 saturated carbocycles. The Balaban J connectivity index is 2.14. The van der Waals surface area contributed by atoms with Crippen molar-refractivity contribution >= 4 is 11.3 Å². The molecule has 0 bridgehead atoms. The lowest BCUT2D eigenvalue weighted by Gasteiger charge is -2.03. The Kier molecular flexibility index (Phi) is 3.81. The third-order valence-electron chi connectivity index (χ3n) is 2.59. The lowest BCUT2D eigenvalue weighted by molar-refractivity contribution is 0.613. The van der Waals surface area contributed by atoms with Gasteiger partial charge in [0, 0.05) is 6.42 Å². The molecule has 1 heterocycles. The zero-order valence-electron chi connectivity index (χ0n) is 9.77. The highest BCUT2D eigenvalue weighted by Crippen LogP contribution is 2.20. The number of benzene rings is 1. The Hall–Kier alpha value is -1.33. The quantitative estimate of drug-likeness (QED) is 0.907. The highest BCUT2D eigenvalue weighted by Gasteiger charge is 2.11. The smallest absolute Gasteiger partial charge is 0.134 e. The predicted octanol–water partition coefficient (Wildman–Crippen LogP) is 2.55. The third kappa shape index (κ3) is 2.87. The second kappa shape index (κ2) is 5.33. The molecule has 1 aromatic carbocycles. The number of nitrogens with zero attached hydrogens (tertiary/aromatic N) is 2. The molecular weight excluding hydrogens is 237 g/mol. The average Bonchev–Trinajstić information content (AvgIpc) is 2.80. The lowest BCUT2D eigenvalue weighted by atomic mass is 10.1. The molecule has 0 aliphatic rings. The van der Waals surface area contributed by atoms with E-state index in [-0.39, 0.29) is 11.9 Å². The van der Waals surface area contributed by atoms with E-state index in [1.807, 2.05) is 20.0 Å². The third-order valence-corrected chi connectivity index (χ3v) is 3.69. The van der Waals surface area contributed by atoms with Crippen molar-refractivity contribution in [2.75, 3.05) is 7.05 Å². The number of hydrogen-bond donors (Lipinski definition) is 1. The fraction of sp³-hybridized carbons (Fsp3) is 0.333. The fourth-order valence-corrected chi connectivity index (χ4v) is 2.37. The summed E-state index contributed by atoms with van der Waals surface area (Å²) in [6.45, 7) is 2.02. The van der Waals surface area contributed by atoms with Crippen LogP contribution in [0.15, 0.2) is 24.3 Å². The Bertz CT molecular complexity index is 498. The van der Waals surface area contributed by atoms with E-state index in [1.54, 1.807) is 12.1 Å². The Morgan fingerprint density at radius 3 is 2.82 bits per heavy atom. The van der Waals surface area contributed by atoms with Crippen LogP contribution in [0.2, 0.25) is 0 Å². The highest BCUT2D eigenvalue weighted by molar-refractivity contribution is 7.11. The van der Waals surface area contributed by atoms with Crippen molar-refractivity contribution in [2.45, 2.75) is 19.4 Å². The van der Waals surface area contributed by atoms with Gasteiger partial charge >= 0.3 is 0 Å². The van der Waals surface area contributed by atoms with Crippen LogP contribution in [0.5, 0.6) is 0 Å². The van der Waals surface area contributed by atoms with Gasteiger partial charge in [0.2, 0.25) is 0 Å². The first-order valence-corrected chi connectivity index (χ1v) is 6.25. The molecule has 17 heavy (non-hydrogen) atoms. The summed E-state index contributed by atoms with van der Waals surface area (Å²) in [6.07, 6.45) is 0.501. The van der Waals surface area contributed by atoms with Gasteiger partial charge in [-0.05, 0) is 25.6 Å². The van der Waals surface area contributed by atoms with Crippen molar-refractivity contribution < 1.29 is 4.39 Å². The largest absolute Gasteiger partial charge is 0.311 e. The van der Waals surface area contributed by atoms with Gasteiger partial charge in [-0.25, -0.2) is 4.39 Å². The molecule has 0 aliphatic heterocycles. The van der Waals surface area contributed by atoms with Crippen LogP contribution in [0.1, 0.15) is 28.5 Å². The summed E-state index contributed by atoms with van der Waals surface area (Å²) >= 11 is 1.52. The minimum atomic E-state index is -0.189. The number of halogens is 1. The monoisotopic (exact) mass is 251 g/mol. The molecule has 0 amide bonds. The second-order valence-corrected chi connectivity index (χ2v) is 4.91. The minimum Gasteiger partial charge on any atom is -0.311 e.